The molecule has 0 N–H and O–H groups in total. The van der Waals surface area contributed by atoms with E-state index in [0.29, 0.717) is 0 Å². The van der Waals surface area contributed by atoms with Gasteiger partial charge in [-0.25, -0.2) is 0 Å². The summed E-state index contributed by atoms with van der Waals surface area (Å²) in [6.45, 7) is 13.9. The lowest BCUT2D eigenvalue weighted by molar-refractivity contribution is 0.569. The Balaban J connectivity index is 1.16. The number of furan rings is 2. The quantitative estimate of drug-likeness (QED) is 0.167. The molecule has 306 valence electrons. The van der Waals surface area contributed by atoms with Crippen molar-refractivity contribution < 1.29 is 8.83 Å². The smallest absolute Gasteiger partial charge is 0.137 e. The van der Waals surface area contributed by atoms with Crippen molar-refractivity contribution in [1.29, 1.82) is 0 Å². The van der Waals surface area contributed by atoms with Gasteiger partial charge in [0.05, 0.1) is 11.4 Å². The van der Waals surface area contributed by atoms with Crippen molar-refractivity contribution in [2.24, 2.45) is 0 Å². The molecule has 0 aliphatic heterocycles. The van der Waals surface area contributed by atoms with E-state index in [9.17, 15) is 0 Å². The highest BCUT2D eigenvalue weighted by atomic mass is 16.3. The highest BCUT2D eigenvalue weighted by Gasteiger charge is 2.25. The highest BCUT2D eigenvalue weighted by Crippen LogP contribution is 2.49. The van der Waals surface area contributed by atoms with Gasteiger partial charge >= 0.3 is 0 Å². The number of para-hydroxylation sites is 4. The minimum atomic E-state index is -0.0141. The molecule has 11 rings (SSSR count). The van der Waals surface area contributed by atoms with Crippen molar-refractivity contribution in [2.75, 3.05) is 4.90 Å². The molecule has 2 aromatic heterocycles. The van der Waals surface area contributed by atoms with E-state index in [-0.39, 0.29) is 10.8 Å². The molecule has 0 spiro atoms. The molecule has 3 nitrogen and oxygen atoms in total. The van der Waals surface area contributed by atoms with Crippen LogP contribution in [0.4, 0.5) is 17.1 Å². The van der Waals surface area contributed by atoms with E-state index in [1.54, 1.807) is 0 Å². The zero-order chi connectivity index (χ0) is 43.0. The van der Waals surface area contributed by atoms with Crippen LogP contribution in [0, 0.1) is 0 Å². The van der Waals surface area contributed by atoms with E-state index in [0.717, 1.165) is 77.6 Å². The van der Waals surface area contributed by atoms with Gasteiger partial charge in [-0.3, -0.25) is 0 Å². The van der Waals surface area contributed by atoms with Crippen LogP contribution in [0.25, 0.3) is 88.0 Å². The molecular formula is C60H49NO2. The summed E-state index contributed by atoms with van der Waals surface area (Å²) in [4.78, 5) is 2.42. The number of rotatable bonds is 6. The second-order valence-electron chi connectivity index (χ2n) is 19.0. The summed E-state index contributed by atoms with van der Waals surface area (Å²) in [6, 6.07) is 68.1. The molecule has 3 heteroatoms. The van der Waals surface area contributed by atoms with Gasteiger partial charge in [-0.1, -0.05) is 175 Å². The van der Waals surface area contributed by atoms with Crippen LogP contribution in [-0.4, -0.2) is 0 Å². The van der Waals surface area contributed by atoms with Crippen LogP contribution in [0.15, 0.2) is 197 Å². The summed E-state index contributed by atoms with van der Waals surface area (Å²) in [7, 11) is 0. The van der Waals surface area contributed by atoms with Crippen molar-refractivity contribution >= 4 is 71.7 Å². The van der Waals surface area contributed by atoms with Gasteiger partial charge in [0.2, 0.25) is 0 Å². The molecule has 9 aromatic carbocycles. The fourth-order valence-corrected chi connectivity index (χ4v) is 9.42. The Kier molecular flexibility index (Phi) is 8.96. The van der Waals surface area contributed by atoms with Gasteiger partial charge in [-0.05, 0) is 104 Å². The molecule has 63 heavy (non-hydrogen) atoms. The molecular weight excluding hydrogens is 767 g/mol. The molecule has 0 fully saturated rings. The average molecular weight is 816 g/mol. The summed E-state index contributed by atoms with van der Waals surface area (Å²) >= 11 is 0. The normalized spacial score (nSPS) is 12.3. The predicted octanol–water partition coefficient (Wildman–Crippen LogP) is 17.7. The number of fused-ring (bicyclic) bond motifs is 7. The van der Waals surface area contributed by atoms with Crippen LogP contribution in [0.3, 0.4) is 0 Å². The predicted molar refractivity (Wildman–Crippen MR) is 267 cm³/mol. The first-order valence-corrected chi connectivity index (χ1v) is 22.0. The summed E-state index contributed by atoms with van der Waals surface area (Å²) in [5.41, 5.74) is 16.2. The van der Waals surface area contributed by atoms with E-state index in [2.05, 4.69) is 210 Å². The lowest BCUT2D eigenvalue weighted by Gasteiger charge is -2.30. The molecule has 0 radical (unpaired) electrons. The van der Waals surface area contributed by atoms with Gasteiger partial charge in [-0.2, -0.15) is 0 Å². The fourth-order valence-electron chi connectivity index (χ4n) is 9.42. The molecule has 0 bridgehead atoms. The largest absolute Gasteiger partial charge is 0.456 e. The summed E-state index contributed by atoms with van der Waals surface area (Å²) in [5, 5.41) is 6.87. The second kappa shape index (κ2) is 14.6. The monoisotopic (exact) mass is 815 g/mol. The van der Waals surface area contributed by atoms with Gasteiger partial charge in [0.15, 0.2) is 0 Å². The van der Waals surface area contributed by atoms with E-state index < -0.39 is 0 Å². The van der Waals surface area contributed by atoms with Gasteiger partial charge in [0, 0.05) is 44.4 Å². The lowest BCUT2D eigenvalue weighted by atomic mass is 9.78. The van der Waals surface area contributed by atoms with Crippen molar-refractivity contribution in [3.05, 3.63) is 199 Å². The lowest BCUT2D eigenvalue weighted by Crippen LogP contribution is -2.16. The first kappa shape index (κ1) is 38.6. The van der Waals surface area contributed by atoms with E-state index >= 15 is 0 Å². The Morgan fingerprint density at radius 2 is 0.841 bits per heavy atom. The highest BCUT2D eigenvalue weighted by molar-refractivity contribution is 6.11. The minimum Gasteiger partial charge on any atom is -0.456 e. The van der Waals surface area contributed by atoms with Crippen molar-refractivity contribution in [2.45, 2.75) is 52.4 Å². The molecule has 0 saturated heterocycles. The Morgan fingerprint density at radius 1 is 0.349 bits per heavy atom. The first-order chi connectivity index (χ1) is 30.5. The zero-order valence-corrected chi connectivity index (χ0v) is 36.7. The van der Waals surface area contributed by atoms with Crippen LogP contribution >= 0.6 is 0 Å². The van der Waals surface area contributed by atoms with E-state index in [4.69, 9.17) is 8.83 Å². The minimum absolute atomic E-state index is 0.0141. The maximum absolute atomic E-state index is 6.57. The van der Waals surface area contributed by atoms with Crippen LogP contribution < -0.4 is 4.90 Å². The second-order valence-corrected chi connectivity index (χ2v) is 19.0. The summed E-state index contributed by atoms with van der Waals surface area (Å²) in [5.74, 6) is 0. The van der Waals surface area contributed by atoms with Crippen molar-refractivity contribution in [3.8, 4) is 33.4 Å². The molecule has 0 unspecified atom stereocenters. The Bertz CT molecular complexity index is 3510. The third-order valence-electron chi connectivity index (χ3n) is 12.8. The van der Waals surface area contributed by atoms with E-state index in [1.807, 2.05) is 24.3 Å². The maximum Gasteiger partial charge on any atom is 0.137 e. The number of anilines is 3. The van der Waals surface area contributed by atoms with Crippen LogP contribution in [-0.2, 0) is 10.8 Å². The van der Waals surface area contributed by atoms with Crippen molar-refractivity contribution in [1.82, 2.24) is 0 Å². The summed E-state index contributed by atoms with van der Waals surface area (Å²) in [6.07, 6.45) is 0. The van der Waals surface area contributed by atoms with Crippen molar-refractivity contribution in [3.63, 3.8) is 0 Å². The maximum atomic E-state index is 6.57. The Labute approximate surface area is 368 Å². The number of hydrogen-bond acceptors (Lipinski definition) is 3. The van der Waals surface area contributed by atoms with Gasteiger partial charge in [0.25, 0.3) is 0 Å². The fraction of sp³-hybridized carbons (Fsp3) is 0.133. The Hall–Kier alpha value is -7.36. The first-order valence-electron chi connectivity index (χ1n) is 22.0. The number of nitrogens with zero attached hydrogens (tertiary/aromatic N) is 1. The van der Waals surface area contributed by atoms with Gasteiger partial charge < -0.3 is 13.7 Å². The van der Waals surface area contributed by atoms with E-state index in [1.165, 1.54) is 38.6 Å². The molecule has 0 aliphatic rings. The number of hydrogen-bond donors (Lipinski definition) is 0. The average Bonchev–Trinajstić information content (AvgIpc) is 3.86. The van der Waals surface area contributed by atoms with Crippen LogP contribution in [0.1, 0.15) is 52.7 Å². The van der Waals surface area contributed by atoms with Gasteiger partial charge in [-0.15, -0.1) is 0 Å². The third kappa shape index (κ3) is 6.67. The standard InChI is InChI=1S/C60H49NO2/c1-59(2,3)41-33-40(34-42(36-41)60(4,5)6)45-23-15-17-38-18-16-24-51(58(38)45)46-20-8-12-26-53(46)61(43-30-32-50-48-22-10-14-28-55(48)63-57(50)37-43)52-25-11-7-19-44(52)39-29-31-49-47-21-9-13-27-54(47)62-56(49)35-39/h7-37H,1-6H3. The topological polar surface area (TPSA) is 29.5 Å². The van der Waals surface area contributed by atoms with Crippen LogP contribution in [0.2, 0.25) is 0 Å². The molecule has 0 aliphatic carbocycles. The third-order valence-corrected chi connectivity index (χ3v) is 12.8. The Morgan fingerprint density at radius 3 is 1.48 bits per heavy atom. The molecule has 0 atom stereocenters. The van der Waals surface area contributed by atoms with Crippen LogP contribution in [0.5, 0.6) is 0 Å². The SMILES string of the molecule is CC(C)(C)c1cc(-c2cccc3cccc(-c4ccccc4N(c4ccc5c(c4)oc4ccccc45)c4ccccc4-c4ccc5c(c4)oc4ccccc45)c23)cc(C(C)(C)C)c1. The molecule has 11 aromatic rings. The molecule has 0 saturated carbocycles. The van der Waals surface area contributed by atoms with Gasteiger partial charge in [0.1, 0.15) is 22.3 Å². The molecule has 0 amide bonds. The number of benzene rings is 9. The zero-order valence-electron chi connectivity index (χ0n) is 36.7. The molecule has 2 heterocycles. The summed E-state index contributed by atoms with van der Waals surface area (Å²) < 4.78 is 13.0.